The summed E-state index contributed by atoms with van der Waals surface area (Å²) >= 11 is 0. The number of aliphatic hydroxyl groups excluding tert-OH is 1. The van der Waals surface area contributed by atoms with Crippen molar-refractivity contribution >= 4 is 24.8 Å². The zero-order valence-corrected chi connectivity index (χ0v) is 17.8. The molecular formula is C20H30Cl2N4O2. The maximum atomic E-state index is 9.97. The van der Waals surface area contributed by atoms with Crippen LogP contribution >= 0.6 is 24.8 Å². The van der Waals surface area contributed by atoms with Crippen molar-refractivity contribution in [1.82, 2.24) is 19.8 Å². The van der Waals surface area contributed by atoms with E-state index in [2.05, 4.69) is 31.9 Å². The van der Waals surface area contributed by atoms with Crippen LogP contribution in [0.25, 0.3) is 5.69 Å². The number of aliphatic hydroxyl groups is 1. The summed E-state index contributed by atoms with van der Waals surface area (Å²) in [6.07, 6.45) is 7.22. The third-order valence-electron chi connectivity index (χ3n) is 6.10. The van der Waals surface area contributed by atoms with Gasteiger partial charge in [0.05, 0.1) is 20.3 Å². The first-order valence-electron chi connectivity index (χ1n) is 9.47. The van der Waals surface area contributed by atoms with Crippen molar-refractivity contribution in [2.45, 2.75) is 31.8 Å². The fraction of sp³-hybridized carbons (Fsp3) is 0.550. The fourth-order valence-electron chi connectivity index (χ4n) is 4.44. The lowest BCUT2D eigenvalue weighted by Gasteiger charge is -2.50. The molecule has 2 aliphatic rings. The van der Waals surface area contributed by atoms with E-state index < -0.39 is 0 Å². The maximum absolute atomic E-state index is 9.97. The summed E-state index contributed by atoms with van der Waals surface area (Å²) in [6, 6.07) is 8.43. The van der Waals surface area contributed by atoms with Gasteiger partial charge in [-0.2, -0.15) is 0 Å². The van der Waals surface area contributed by atoms with Gasteiger partial charge in [0, 0.05) is 36.1 Å². The largest absolute Gasteiger partial charge is 0.497 e. The lowest BCUT2D eigenvalue weighted by molar-refractivity contribution is -0.0157. The molecule has 2 aliphatic heterocycles. The monoisotopic (exact) mass is 428 g/mol. The van der Waals surface area contributed by atoms with Crippen molar-refractivity contribution in [3.8, 4) is 11.4 Å². The van der Waals surface area contributed by atoms with E-state index in [1.807, 2.05) is 24.5 Å². The molecule has 0 bridgehead atoms. The van der Waals surface area contributed by atoms with Crippen LogP contribution in [-0.2, 0) is 6.54 Å². The number of benzene rings is 1. The van der Waals surface area contributed by atoms with E-state index in [1.165, 1.54) is 6.42 Å². The summed E-state index contributed by atoms with van der Waals surface area (Å²) in [6.45, 7) is 4.14. The molecule has 8 heteroatoms. The molecule has 28 heavy (non-hydrogen) atoms. The van der Waals surface area contributed by atoms with Gasteiger partial charge in [0.15, 0.2) is 0 Å². The van der Waals surface area contributed by atoms with Gasteiger partial charge in [0.2, 0.25) is 0 Å². The van der Waals surface area contributed by atoms with Crippen molar-refractivity contribution in [2.24, 2.45) is 5.41 Å². The summed E-state index contributed by atoms with van der Waals surface area (Å²) in [5.74, 6) is 1.90. The van der Waals surface area contributed by atoms with E-state index in [0.29, 0.717) is 12.6 Å². The van der Waals surface area contributed by atoms with Gasteiger partial charge in [0.25, 0.3) is 0 Å². The molecule has 0 amide bonds. The van der Waals surface area contributed by atoms with E-state index >= 15 is 0 Å². The first-order valence-corrected chi connectivity index (χ1v) is 9.47. The van der Waals surface area contributed by atoms with Gasteiger partial charge >= 0.3 is 0 Å². The Bertz CT molecular complexity index is 740. The molecule has 3 heterocycles. The summed E-state index contributed by atoms with van der Waals surface area (Å²) in [4.78, 5) is 7.05. The van der Waals surface area contributed by atoms with Crippen LogP contribution < -0.4 is 10.1 Å². The molecule has 156 valence electrons. The van der Waals surface area contributed by atoms with Crippen LogP contribution in [0.4, 0.5) is 0 Å². The van der Waals surface area contributed by atoms with Gasteiger partial charge < -0.3 is 19.7 Å². The van der Waals surface area contributed by atoms with Crippen molar-refractivity contribution in [2.75, 3.05) is 33.4 Å². The number of aromatic nitrogens is 2. The quantitative estimate of drug-likeness (QED) is 0.766. The highest BCUT2D eigenvalue weighted by atomic mass is 35.5. The molecule has 2 saturated heterocycles. The highest BCUT2D eigenvalue weighted by molar-refractivity contribution is 5.85. The van der Waals surface area contributed by atoms with E-state index in [-0.39, 0.29) is 30.2 Å². The molecule has 1 aromatic carbocycles. The van der Waals surface area contributed by atoms with Crippen LogP contribution in [0.15, 0.2) is 36.7 Å². The molecule has 2 atom stereocenters. The molecule has 2 aromatic rings. The van der Waals surface area contributed by atoms with E-state index in [4.69, 9.17) is 4.74 Å². The number of piperidine rings is 2. The fourth-order valence-corrected chi connectivity index (χ4v) is 4.44. The second kappa shape index (κ2) is 9.94. The van der Waals surface area contributed by atoms with E-state index in [9.17, 15) is 5.11 Å². The standard InChI is InChI=1S/C20H28N4O2.2ClH/c1-26-17-5-3-16(4-6-17)24-12-10-22-19(24)14-23-11-8-20(15-25)7-2-9-21-18(20)13-23;;/h3-6,10,12,18,21,25H,2,7-9,11,13-15H2,1H3;2*1H/t18-,20-;;/m1../s1. The normalized spacial score (nSPS) is 24.6. The molecule has 0 spiro atoms. The Morgan fingerprint density at radius 2 is 2.04 bits per heavy atom. The van der Waals surface area contributed by atoms with Crippen LogP contribution in [-0.4, -0.2) is 59.0 Å². The van der Waals surface area contributed by atoms with Crippen LogP contribution in [0.5, 0.6) is 5.75 Å². The smallest absolute Gasteiger partial charge is 0.127 e. The molecule has 6 nitrogen and oxygen atoms in total. The summed E-state index contributed by atoms with van der Waals surface area (Å²) in [7, 11) is 1.68. The number of fused-ring (bicyclic) bond motifs is 1. The van der Waals surface area contributed by atoms with Crippen LogP contribution in [0, 0.1) is 5.41 Å². The van der Waals surface area contributed by atoms with Crippen LogP contribution in [0.1, 0.15) is 25.1 Å². The summed E-state index contributed by atoms with van der Waals surface area (Å²) in [5.41, 5.74) is 1.16. The van der Waals surface area contributed by atoms with Crippen molar-refractivity contribution in [3.05, 3.63) is 42.5 Å². The van der Waals surface area contributed by atoms with Gasteiger partial charge in [-0.05, 0) is 56.6 Å². The summed E-state index contributed by atoms with van der Waals surface area (Å²) < 4.78 is 7.39. The zero-order valence-electron chi connectivity index (χ0n) is 16.2. The number of imidazole rings is 1. The number of hydrogen-bond donors (Lipinski definition) is 2. The predicted molar refractivity (Wildman–Crippen MR) is 115 cm³/mol. The molecule has 0 unspecified atom stereocenters. The minimum atomic E-state index is 0. The number of ether oxygens (including phenoxy) is 1. The molecule has 0 radical (unpaired) electrons. The SMILES string of the molecule is COc1ccc(-n2ccnc2CN2CC[C@@]3(CO)CCCN[C@@H]3C2)cc1.Cl.Cl. The molecule has 1 aromatic heterocycles. The zero-order chi connectivity index (χ0) is 18.0. The predicted octanol–water partition coefficient (Wildman–Crippen LogP) is 2.66. The first kappa shape index (κ1) is 23.0. The third kappa shape index (κ3) is 4.47. The van der Waals surface area contributed by atoms with Gasteiger partial charge in [-0.3, -0.25) is 4.90 Å². The average Bonchev–Trinajstić information content (AvgIpc) is 3.16. The maximum Gasteiger partial charge on any atom is 0.127 e. The van der Waals surface area contributed by atoms with Crippen LogP contribution in [0.3, 0.4) is 0 Å². The Balaban J connectivity index is 0.00000140. The van der Waals surface area contributed by atoms with Crippen LogP contribution in [0.2, 0.25) is 0 Å². The van der Waals surface area contributed by atoms with Gasteiger partial charge in [-0.25, -0.2) is 4.98 Å². The number of hydrogen-bond acceptors (Lipinski definition) is 5. The molecule has 0 aliphatic carbocycles. The number of nitrogens with one attached hydrogen (secondary N) is 1. The Labute approximate surface area is 179 Å². The Morgan fingerprint density at radius 1 is 1.25 bits per heavy atom. The number of rotatable bonds is 5. The highest BCUT2D eigenvalue weighted by Gasteiger charge is 2.43. The number of methoxy groups -OCH3 is 1. The first-order chi connectivity index (χ1) is 12.7. The molecular weight excluding hydrogens is 399 g/mol. The molecule has 2 N–H and O–H groups in total. The Hall–Kier alpha value is -1.31. The van der Waals surface area contributed by atoms with Crippen molar-refractivity contribution < 1.29 is 9.84 Å². The van der Waals surface area contributed by atoms with Crippen molar-refractivity contribution in [1.29, 1.82) is 0 Å². The van der Waals surface area contributed by atoms with E-state index in [1.54, 1.807) is 7.11 Å². The second-order valence-corrected chi connectivity index (χ2v) is 7.53. The molecule has 2 fully saturated rings. The van der Waals surface area contributed by atoms with E-state index in [0.717, 1.165) is 56.3 Å². The average molecular weight is 429 g/mol. The second-order valence-electron chi connectivity index (χ2n) is 7.53. The number of nitrogens with zero attached hydrogens (tertiary/aromatic N) is 3. The summed E-state index contributed by atoms with van der Waals surface area (Å²) in [5, 5.41) is 13.6. The molecule has 0 saturated carbocycles. The number of halogens is 2. The van der Waals surface area contributed by atoms with Gasteiger partial charge in [-0.15, -0.1) is 24.8 Å². The lowest BCUT2D eigenvalue weighted by Crippen LogP contribution is -2.61. The van der Waals surface area contributed by atoms with Gasteiger partial charge in [0.1, 0.15) is 11.6 Å². The van der Waals surface area contributed by atoms with Crippen molar-refractivity contribution in [3.63, 3.8) is 0 Å². The molecule has 4 rings (SSSR count). The Kier molecular flexibility index (Phi) is 8.16. The minimum absolute atomic E-state index is 0. The highest BCUT2D eigenvalue weighted by Crippen LogP contribution is 2.38. The topological polar surface area (TPSA) is 62.5 Å². The minimum Gasteiger partial charge on any atom is -0.497 e. The number of likely N-dealkylation sites (tertiary alicyclic amines) is 1. The van der Waals surface area contributed by atoms with Gasteiger partial charge in [-0.1, -0.05) is 0 Å². The lowest BCUT2D eigenvalue weighted by atomic mass is 9.70. The Morgan fingerprint density at radius 3 is 2.75 bits per heavy atom. The third-order valence-corrected chi connectivity index (χ3v) is 6.10.